The van der Waals surface area contributed by atoms with Crippen LogP contribution in [-0.4, -0.2) is 5.11 Å². The van der Waals surface area contributed by atoms with E-state index in [1.165, 1.54) is 0 Å². The van der Waals surface area contributed by atoms with Gasteiger partial charge in [0.1, 0.15) is 0 Å². The average Bonchev–Trinajstić information content (AvgIpc) is 2.21. The van der Waals surface area contributed by atoms with Gasteiger partial charge in [0.15, 0.2) is 0 Å². The summed E-state index contributed by atoms with van der Waals surface area (Å²) in [7, 11) is 0. The molecule has 1 atom stereocenters. The van der Waals surface area contributed by atoms with Crippen LogP contribution in [0, 0.1) is 12.3 Å². The highest BCUT2D eigenvalue weighted by atomic mass is 35.5. The first-order valence-electron chi connectivity index (χ1n) is 5.32. The first kappa shape index (κ1) is 12.5. The summed E-state index contributed by atoms with van der Waals surface area (Å²) in [6.45, 7) is 8.17. The van der Waals surface area contributed by atoms with Crippen LogP contribution in [0.4, 0.5) is 0 Å². The quantitative estimate of drug-likeness (QED) is 0.822. The lowest BCUT2D eigenvalue weighted by Gasteiger charge is -2.29. The summed E-state index contributed by atoms with van der Waals surface area (Å²) in [6, 6.07) is 5.76. The van der Waals surface area contributed by atoms with E-state index in [1.807, 2.05) is 25.1 Å². The van der Waals surface area contributed by atoms with Gasteiger partial charge in [-0.05, 0) is 36.0 Å². The summed E-state index contributed by atoms with van der Waals surface area (Å²) in [6.07, 6.45) is 0.472. The second-order valence-electron chi connectivity index (χ2n) is 4.75. The highest BCUT2D eigenvalue weighted by Crippen LogP contribution is 2.37. The minimum atomic E-state index is -0.458. The minimum Gasteiger partial charge on any atom is -0.388 e. The van der Waals surface area contributed by atoms with Gasteiger partial charge in [-0.3, -0.25) is 0 Å². The molecule has 1 unspecified atom stereocenters. The monoisotopic (exact) mass is 226 g/mol. The molecule has 1 nitrogen and oxygen atoms in total. The van der Waals surface area contributed by atoms with Gasteiger partial charge >= 0.3 is 0 Å². The Morgan fingerprint density at radius 1 is 1.40 bits per heavy atom. The Hall–Kier alpha value is -0.530. The van der Waals surface area contributed by atoms with Crippen LogP contribution in [0.5, 0.6) is 0 Å². The standard InChI is InChI=1S/C13H19ClO/c1-5-13(3,4)12(15)10-7-6-9(2)11(14)8-10/h6-8,12,15H,5H2,1-4H3. The molecule has 1 aromatic carbocycles. The van der Waals surface area contributed by atoms with Crippen molar-refractivity contribution in [3.05, 3.63) is 34.3 Å². The van der Waals surface area contributed by atoms with Crippen molar-refractivity contribution in [3.8, 4) is 0 Å². The Morgan fingerprint density at radius 2 is 2.00 bits per heavy atom. The smallest absolute Gasteiger partial charge is 0.0841 e. The van der Waals surface area contributed by atoms with E-state index in [2.05, 4.69) is 20.8 Å². The molecule has 15 heavy (non-hydrogen) atoms. The van der Waals surface area contributed by atoms with Crippen LogP contribution < -0.4 is 0 Å². The molecule has 1 aromatic rings. The van der Waals surface area contributed by atoms with Crippen molar-refractivity contribution >= 4 is 11.6 Å². The van der Waals surface area contributed by atoms with Crippen molar-refractivity contribution < 1.29 is 5.11 Å². The molecule has 0 bridgehead atoms. The van der Waals surface area contributed by atoms with Gasteiger partial charge in [-0.1, -0.05) is 44.5 Å². The van der Waals surface area contributed by atoms with Crippen LogP contribution in [0.2, 0.25) is 5.02 Å². The zero-order chi connectivity index (χ0) is 11.6. The van der Waals surface area contributed by atoms with Crippen LogP contribution in [0.15, 0.2) is 18.2 Å². The van der Waals surface area contributed by atoms with Gasteiger partial charge < -0.3 is 5.11 Å². The molecule has 1 rings (SSSR count). The summed E-state index contributed by atoms with van der Waals surface area (Å²) in [5.41, 5.74) is 1.83. The van der Waals surface area contributed by atoms with Gasteiger partial charge in [-0.15, -0.1) is 0 Å². The maximum Gasteiger partial charge on any atom is 0.0841 e. The highest BCUT2D eigenvalue weighted by molar-refractivity contribution is 6.31. The van der Waals surface area contributed by atoms with Crippen molar-refractivity contribution in [2.24, 2.45) is 5.41 Å². The molecule has 0 aliphatic rings. The van der Waals surface area contributed by atoms with Gasteiger partial charge in [-0.2, -0.15) is 0 Å². The molecular formula is C13H19ClO. The lowest BCUT2D eigenvalue weighted by Crippen LogP contribution is -2.20. The molecule has 0 aliphatic heterocycles. The average molecular weight is 227 g/mol. The number of hydrogen-bond acceptors (Lipinski definition) is 1. The summed E-state index contributed by atoms with van der Waals surface area (Å²) in [4.78, 5) is 0. The van der Waals surface area contributed by atoms with E-state index in [-0.39, 0.29) is 5.41 Å². The third kappa shape index (κ3) is 2.73. The Labute approximate surface area is 97.1 Å². The minimum absolute atomic E-state index is 0.113. The number of benzene rings is 1. The second-order valence-corrected chi connectivity index (χ2v) is 5.16. The first-order valence-corrected chi connectivity index (χ1v) is 5.70. The van der Waals surface area contributed by atoms with E-state index < -0.39 is 6.10 Å². The van der Waals surface area contributed by atoms with E-state index in [1.54, 1.807) is 0 Å². The summed E-state index contributed by atoms with van der Waals surface area (Å²) < 4.78 is 0. The number of aryl methyl sites for hydroxylation is 1. The number of rotatable bonds is 3. The van der Waals surface area contributed by atoms with Gasteiger partial charge in [0.25, 0.3) is 0 Å². The number of aliphatic hydroxyl groups is 1. The van der Waals surface area contributed by atoms with E-state index in [9.17, 15) is 5.11 Å². The summed E-state index contributed by atoms with van der Waals surface area (Å²) in [5.74, 6) is 0. The van der Waals surface area contributed by atoms with E-state index in [0.717, 1.165) is 22.6 Å². The molecule has 0 aromatic heterocycles. The fraction of sp³-hybridized carbons (Fsp3) is 0.538. The molecule has 0 saturated heterocycles. The molecule has 0 heterocycles. The molecular weight excluding hydrogens is 208 g/mol. The van der Waals surface area contributed by atoms with Crippen LogP contribution in [-0.2, 0) is 0 Å². The summed E-state index contributed by atoms with van der Waals surface area (Å²) >= 11 is 6.04. The largest absolute Gasteiger partial charge is 0.388 e. The van der Waals surface area contributed by atoms with E-state index >= 15 is 0 Å². The lowest BCUT2D eigenvalue weighted by molar-refractivity contribution is 0.0465. The maximum absolute atomic E-state index is 10.2. The van der Waals surface area contributed by atoms with Crippen molar-refractivity contribution in [3.63, 3.8) is 0 Å². The topological polar surface area (TPSA) is 20.2 Å². The van der Waals surface area contributed by atoms with E-state index in [0.29, 0.717) is 0 Å². The molecule has 0 amide bonds. The SMILES string of the molecule is CCC(C)(C)C(O)c1ccc(C)c(Cl)c1. The summed E-state index contributed by atoms with van der Waals surface area (Å²) in [5, 5.41) is 10.9. The first-order chi connectivity index (χ1) is 6.88. The molecule has 1 N–H and O–H groups in total. The fourth-order valence-electron chi connectivity index (χ4n) is 1.42. The predicted molar refractivity (Wildman–Crippen MR) is 65.2 cm³/mol. The second kappa shape index (κ2) is 4.54. The molecule has 2 heteroatoms. The third-order valence-corrected chi connectivity index (χ3v) is 3.57. The zero-order valence-electron chi connectivity index (χ0n) is 9.84. The van der Waals surface area contributed by atoms with Gasteiger partial charge in [-0.25, -0.2) is 0 Å². The Bertz CT molecular complexity index is 344. The van der Waals surface area contributed by atoms with Crippen LogP contribution in [0.25, 0.3) is 0 Å². The fourth-order valence-corrected chi connectivity index (χ4v) is 1.61. The molecule has 0 spiro atoms. The number of halogens is 1. The normalized spacial score (nSPS) is 14.0. The van der Waals surface area contributed by atoms with Crippen LogP contribution in [0.3, 0.4) is 0 Å². The Balaban J connectivity index is 3.02. The molecule has 0 fully saturated rings. The van der Waals surface area contributed by atoms with Gasteiger partial charge in [0, 0.05) is 5.02 Å². The van der Waals surface area contributed by atoms with Gasteiger partial charge in [0.05, 0.1) is 6.10 Å². The van der Waals surface area contributed by atoms with Crippen molar-refractivity contribution in [2.75, 3.05) is 0 Å². The number of hydrogen-bond donors (Lipinski definition) is 1. The van der Waals surface area contributed by atoms with Crippen molar-refractivity contribution in [1.29, 1.82) is 0 Å². The third-order valence-electron chi connectivity index (χ3n) is 3.16. The lowest BCUT2D eigenvalue weighted by atomic mass is 9.80. The van der Waals surface area contributed by atoms with Gasteiger partial charge in [0.2, 0.25) is 0 Å². The van der Waals surface area contributed by atoms with E-state index in [4.69, 9.17) is 11.6 Å². The molecule has 84 valence electrons. The molecule has 0 aliphatic carbocycles. The Morgan fingerprint density at radius 3 is 2.47 bits per heavy atom. The molecule has 0 radical (unpaired) electrons. The highest BCUT2D eigenvalue weighted by Gasteiger charge is 2.27. The van der Waals surface area contributed by atoms with Crippen LogP contribution >= 0.6 is 11.6 Å². The Kier molecular flexibility index (Phi) is 3.80. The zero-order valence-corrected chi connectivity index (χ0v) is 10.6. The predicted octanol–water partition coefficient (Wildman–Crippen LogP) is 4.12. The molecule has 0 saturated carbocycles. The number of aliphatic hydroxyl groups excluding tert-OH is 1. The van der Waals surface area contributed by atoms with Crippen LogP contribution in [0.1, 0.15) is 44.4 Å². The van der Waals surface area contributed by atoms with Crippen molar-refractivity contribution in [2.45, 2.75) is 40.2 Å². The maximum atomic E-state index is 10.2. The van der Waals surface area contributed by atoms with Crippen molar-refractivity contribution in [1.82, 2.24) is 0 Å².